The Hall–Kier alpha value is -1.92. The third-order valence-electron chi connectivity index (χ3n) is 2.65. The van der Waals surface area contributed by atoms with Crippen LogP contribution in [0.2, 0.25) is 0 Å². The van der Waals surface area contributed by atoms with Crippen molar-refractivity contribution >= 4 is 11.9 Å². The van der Waals surface area contributed by atoms with Crippen LogP contribution in [0.5, 0.6) is 0 Å². The van der Waals surface area contributed by atoms with Crippen molar-refractivity contribution in [2.75, 3.05) is 6.54 Å². The summed E-state index contributed by atoms with van der Waals surface area (Å²) in [6.07, 6.45) is 3.13. The van der Waals surface area contributed by atoms with Gasteiger partial charge >= 0.3 is 5.97 Å². The predicted molar refractivity (Wildman–Crippen MR) is 68.4 cm³/mol. The van der Waals surface area contributed by atoms with Crippen molar-refractivity contribution < 1.29 is 14.7 Å². The van der Waals surface area contributed by atoms with E-state index in [1.165, 1.54) is 6.33 Å². The van der Waals surface area contributed by atoms with E-state index < -0.39 is 11.4 Å². The van der Waals surface area contributed by atoms with Crippen LogP contribution in [0.3, 0.4) is 0 Å². The highest BCUT2D eigenvalue weighted by molar-refractivity contribution is 5.77. The third kappa shape index (κ3) is 6.54. The minimum Gasteiger partial charge on any atom is -0.481 e. The molecule has 1 amide bonds. The Bertz CT molecular complexity index is 415. The van der Waals surface area contributed by atoms with Gasteiger partial charge in [0.1, 0.15) is 12.2 Å². The molecule has 7 nitrogen and oxygen atoms in total. The van der Waals surface area contributed by atoms with Gasteiger partial charge in [0.25, 0.3) is 0 Å². The summed E-state index contributed by atoms with van der Waals surface area (Å²) in [5.74, 6) is -0.215. The number of amides is 1. The summed E-state index contributed by atoms with van der Waals surface area (Å²) in [6, 6.07) is 0. The lowest BCUT2D eigenvalue weighted by atomic mass is 9.85. The molecule has 19 heavy (non-hydrogen) atoms. The van der Waals surface area contributed by atoms with Gasteiger partial charge in [-0.1, -0.05) is 13.8 Å². The van der Waals surface area contributed by atoms with Gasteiger partial charge in [0, 0.05) is 19.4 Å². The van der Waals surface area contributed by atoms with E-state index in [1.54, 1.807) is 13.8 Å². The van der Waals surface area contributed by atoms with Crippen LogP contribution in [0.25, 0.3) is 0 Å². The molecule has 0 radical (unpaired) electrons. The molecule has 0 aromatic carbocycles. The van der Waals surface area contributed by atoms with Crippen molar-refractivity contribution in [2.45, 2.75) is 39.5 Å². The molecule has 0 bridgehead atoms. The van der Waals surface area contributed by atoms with Crippen LogP contribution in [0.4, 0.5) is 0 Å². The summed E-state index contributed by atoms with van der Waals surface area (Å²) >= 11 is 0. The summed E-state index contributed by atoms with van der Waals surface area (Å²) in [6.45, 7) is 4.09. The number of rotatable bonds is 8. The number of hydrogen-bond donors (Lipinski definition) is 3. The number of aromatic amines is 1. The maximum atomic E-state index is 11.7. The molecular formula is C12H20N4O3. The third-order valence-corrected chi connectivity index (χ3v) is 2.65. The molecule has 1 rings (SSSR count). The predicted octanol–water partition coefficient (Wildman–Crippen LogP) is 0.744. The largest absolute Gasteiger partial charge is 0.481 e. The highest BCUT2D eigenvalue weighted by Crippen LogP contribution is 2.24. The standard InChI is InChI=1S/C12H20N4O3/c1-12(2,7-11(18)19)6-10(17)13-5-3-4-9-14-8-15-16-9/h8H,3-7H2,1-2H3,(H,13,17)(H,18,19)(H,14,15,16). The van der Waals surface area contributed by atoms with Crippen LogP contribution in [0.1, 0.15) is 38.9 Å². The summed E-state index contributed by atoms with van der Waals surface area (Å²) in [5.41, 5.74) is -0.527. The number of H-pyrrole nitrogens is 1. The zero-order valence-electron chi connectivity index (χ0n) is 11.3. The molecule has 0 saturated carbocycles. The molecule has 3 N–H and O–H groups in total. The highest BCUT2D eigenvalue weighted by Gasteiger charge is 2.24. The number of aliphatic carboxylic acids is 1. The zero-order valence-corrected chi connectivity index (χ0v) is 11.3. The topological polar surface area (TPSA) is 108 Å². The number of nitrogens with one attached hydrogen (secondary N) is 2. The Morgan fingerprint density at radius 3 is 2.74 bits per heavy atom. The number of carboxylic acid groups (broad SMARTS) is 1. The van der Waals surface area contributed by atoms with Gasteiger partial charge in [-0.15, -0.1) is 0 Å². The van der Waals surface area contributed by atoms with Gasteiger partial charge in [0.15, 0.2) is 0 Å². The highest BCUT2D eigenvalue weighted by atomic mass is 16.4. The summed E-state index contributed by atoms with van der Waals surface area (Å²) in [4.78, 5) is 26.3. The molecule has 0 aliphatic carbocycles. The van der Waals surface area contributed by atoms with E-state index in [0.29, 0.717) is 6.54 Å². The Balaban J connectivity index is 2.18. The number of carbonyl (C=O) groups is 2. The van der Waals surface area contributed by atoms with E-state index in [-0.39, 0.29) is 18.7 Å². The molecule has 0 aliphatic heterocycles. The monoisotopic (exact) mass is 268 g/mol. The van der Waals surface area contributed by atoms with E-state index in [0.717, 1.165) is 18.7 Å². The molecule has 7 heteroatoms. The summed E-state index contributed by atoms with van der Waals surface area (Å²) in [7, 11) is 0. The van der Waals surface area contributed by atoms with E-state index in [9.17, 15) is 9.59 Å². The second-order valence-corrected chi connectivity index (χ2v) is 5.30. The summed E-state index contributed by atoms with van der Waals surface area (Å²) in [5, 5.41) is 18.0. The minimum absolute atomic E-state index is 0.0154. The average molecular weight is 268 g/mol. The molecule has 106 valence electrons. The Morgan fingerprint density at radius 1 is 1.42 bits per heavy atom. The molecule has 0 atom stereocenters. The molecule has 1 aromatic rings. The maximum absolute atomic E-state index is 11.7. The van der Waals surface area contributed by atoms with Crippen LogP contribution in [-0.4, -0.2) is 38.7 Å². The lowest BCUT2D eigenvalue weighted by Gasteiger charge is -2.21. The molecule has 1 heterocycles. The molecule has 0 aliphatic rings. The number of carboxylic acids is 1. The Morgan fingerprint density at radius 2 is 2.16 bits per heavy atom. The molecule has 0 spiro atoms. The second-order valence-electron chi connectivity index (χ2n) is 5.30. The number of aryl methyl sites for hydroxylation is 1. The van der Waals surface area contributed by atoms with Gasteiger partial charge in [0.05, 0.1) is 6.42 Å². The van der Waals surface area contributed by atoms with Crippen LogP contribution >= 0.6 is 0 Å². The van der Waals surface area contributed by atoms with Crippen molar-refractivity contribution in [2.24, 2.45) is 5.41 Å². The smallest absolute Gasteiger partial charge is 0.303 e. The fourth-order valence-corrected chi connectivity index (χ4v) is 1.80. The Labute approximate surface area is 111 Å². The number of nitrogens with zero attached hydrogens (tertiary/aromatic N) is 2. The second kappa shape index (κ2) is 6.86. The average Bonchev–Trinajstić information content (AvgIpc) is 2.74. The van der Waals surface area contributed by atoms with Crippen molar-refractivity contribution in [3.05, 3.63) is 12.2 Å². The van der Waals surface area contributed by atoms with Gasteiger partial charge in [-0.2, -0.15) is 5.10 Å². The van der Waals surface area contributed by atoms with E-state index in [4.69, 9.17) is 5.11 Å². The molecule has 1 aromatic heterocycles. The van der Waals surface area contributed by atoms with Gasteiger partial charge in [-0.05, 0) is 11.8 Å². The first-order valence-electron chi connectivity index (χ1n) is 6.22. The van der Waals surface area contributed by atoms with Crippen molar-refractivity contribution in [3.8, 4) is 0 Å². The van der Waals surface area contributed by atoms with E-state index in [1.807, 2.05) is 0 Å². The fourth-order valence-electron chi connectivity index (χ4n) is 1.80. The SMILES string of the molecule is CC(C)(CC(=O)O)CC(=O)NCCCc1ncn[nH]1. The molecule has 0 fully saturated rings. The number of carbonyl (C=O) groups excluding carboxylic acids is 1. The minimum atomic E-state index is -0.886. The molecule has 0 saturated heterocycles. The maximum Gasteiger partial charge on any atom is 0.303 e. The number of aromatic nitrogens is 3. The van der Waals surface area contributed by atoms with Crippen molar-refractivity contribution in [3.63, 3.8) is 0 Å². The van der Waals surface area contributed by atoms with Gasteiger partial charge < -0.3 is 10.4 Å². The zero-order chi connectivity index (χ0) is 14.3. The first-order chi connectivity index (χ1) is 8.89. The first kappa shape index (κ1) is 15.1. The van der Waals surface area contributed by atoms with Crippen LogP contribution < -0.4 is 5.32 Å². The quantitative estimate of drug-likeness (QED) is 0.603. The lowest BCUT2D eigenvalue weighted by molar-refractivity contribution is -0.139. The van der Waals surface area contributed by atoms with E-state index in [2.05, 4.69) is 20.5 Å². The van der Waals surface area contributed by atoms with Gasteiger partial charge in [-0.25, -0.2) is 4.98 Å². The fraction of sp³-hybridized carbons (Fsp3) is 0.667. The lowest BCUT2D eigenvalue weighted by Crippen LogP contribution is -2.30. The van der Waals surface area contributed by atoms with E-state index >= 15 is 0 Å². The van der Waals surface area contributed by atoms with Gasteiger partial charge in [0.2, 0.25) is 5.91 Å². The normalized spacial score (nSPS) is 11.3. The number of hydrogen-bond acceptors (Lipinski definition) is 4. The van der Waals surface area contributed by atoms with Crippen molar-refractivity contribution in [1.82, 2.24) is 20.5 Å². The van der Waals surface area contributed by atoms with Crippen molar-refractivity contribution in [1.29, 1.82) is 0 Å². The van der Waals surface area contributed by atoms with Crippen LogP contribution in [-0.2, 0) is 16.0 Å². The first-order valence-corrected chi connectivity index (χ1v) is 6.22. The van der Waals surface area contributed by atoms with Crippen LogP contribution in [0.15, 0.2) is 6.33 Å². The molecular weight excluding hydrogens is 248 g/mol. The summed E-state index contributed by atoms with van der Waals surface area (Å²) < 4.78 is 0. The van der Waals surface area contributed by atoms with Gasteiger partial charge in [-0.3, -0.25) is 14.7 Å². The van der Waals surface area contributed by atoms with Crippen LogP contribution in [0, 0.1) is 5.41 Å². The molecule has 0 unspecified atom stereocenters. The Kier molecular flexibility index (Phi) is 5.47.